The number of hydrogen-bond donors (Lipinski definition) is 1. The molecule has 172 valence electrons. The van der Waals surface area contributed by atoms with Crippen LogP contribution in [0.1, 0.15) is 31.7 Å². The Morgan fingerprint density at radius 2 is 1.82 bits per heavy atom. The second kappa shape index (κ2) is 10.9. The number of carbonyl (C=O) groups excluding carboxylic acids is 1. The Balaban J connectivity index is 1.31. The van der Waals surface area contributed by atoms with E-state index >= 15 is 0 Å². The van der Waals surface area contributed by atoms with Gasteiger partial charge in [0.15, 0.2) is 0 Å². The molecule has 33 heavy (non-hydrogen) atoms. The molecule has 1 aliphatic heterocycles. The topological polar surface area (TPSA) is 67.3 Å². The minimum atomic E-state index is -0.271. The predicted molar refractivity (Wildman–Crippen MR) is 126 cm³/mol. The number of rotatable bonds is 8. The van der Waals surface area contributed by atoms with Crippen LogP contribution in [0.15, 0.2) is 60.9 Å². The standard InChI is InChI=1S/C26H29FN4O2/c1-2-14-33-24-11-5-19(6-12-24)15-28-25(32)21-4-3-13-31(18-21)26-29-16-22(17-30-26)20-7-9-23(27)10-8-20/h5-12,16-17,21H,2-4,13-15,18H2,1H3,(H,28,32). The Morgan fingerprint density at radius 1 is 1.09 bits per heavy atom. The number of benzene rings is 2. The number of nitrogens with one attached hydrogen (secondary N) is 1. The highest BCUT2D eigenvalue weighted by atomic mass is 19.1. The van der Waals surface area contributed by atoms with Crippen LogP contribution >= 0.6 is 0 Å². The van der Waals surface area contributed by atoms with E-state index in [9.17, 15) is 9.18 Å². The van der Waals surface area contributed by atoms with Gasteiger partial charge < -0.3 is 15.0 Å². The van der Waals surface area contributed by atoms with Crippen LogP contribution in [0.4, 0.5) is 10.3 Å². The predicted octanol–water partition coefficient (Wildman–Crippen LogP) is 4.60. The number of hydrogen-bond acceptors (Lipinski definition) is 5. The van der Waals surface area contributed by atoms with Gasteiger partial charge in [-0.25, -0.2) is 14.4 Å². The quantitative estimate of drug-likeness (QED) is 0.545. The molecule has 4 rings (SSSR count). The van der Waals surface area contributed by atoms with Crippen molar-refractivity contribution in [2.45, 2.75) is 32.7 Å². The van der Waals surface area contributed by atoms with E-state index in [1.807, 2.05) is 24.3 Å². The SMILES string of the molecule is CCCOc1ccc(CNC(=O)C2CCCN(c3ncc(-c4ccc(F)cc4)cn3)C2)cc1. The summed E-state index contributed by atoms with van der Waals surface area (Å²) < 4.78 is 18.7. The van der Waals surface area contributed by atoms with Crippen LogP contribution in [-0.4, -0.2) is 35.6 Å². The third-order valence-corrected chi connectivity index (χ3v) is 5.75. The molecule has 0 spiro atoms. The number of piperidine rings is 1. The van der Waals surface area contributed by atoms with Gasteiger partial charge in [-0.2, -0.15) is 0 Å². The number of amides is 1. The maximum atomic E-state index is 13.1. The molecule has 1 fully saturated rings. The molecule has 2 aromatic carbocycles. The van der Waals surface area contributed by atoms with Crippen LogP contribution in [0.5, 0.6) is 5.75 Å². The number of ether oxygens (including phenoxy) is 1. The Hall–Kier alpha value is -3.48. The molecular formula is C26H29FN4O2. The molecule has 7 heteroatoms. The van der Waals surface area contributed by atoms with Crippen LogP contribution in [0.25, 0.3) is 11.1 Å². The largest absolute Gasteiger partial charge is 0.494 e. The lowest BCUT2D eigenvalue weighted by Crippen LogP contribution is -2.43. The summed E-state index contributed by atoms with van der Waals surface area (Å²) in [7, 11) is 0. The summed E-state index contributed by atoms with van der Waals surface area (Å²) in [6.45, 7) is 4.68. The first kappa shape index (κ1) is 22.7. The molecular weight excluding hydrogens is 419 g/mol. The maximum Gasteiger partial charge on any atom is 0.225 e. The van der Waals surface area contributed by atoms with Crippen LogP contribution in [0.2, 0.25) is 0 Å². The van der Waals surface area contributed by atoms with Gasteiger partial charge >= 0.3 is 0 Å². The van der Waals surface area contributed by atoms with E-state index in [1.54, 1.807) is 24.5 Å². The highest BCUT2D eigenvalue weighted by molar-refractivity contribution is 5.79. The summed E-state index contributed by atoms with van der Waals surface area (Å²) in [5.74, 6) is 1.13. The second-order valence-electron chi connectivity index (χ2n) is 8.27. The van der Waals surface area contributed by atoms with Crippen LogP contribution in [-0.2, 0) is 11.3 Å². The molecule has 0 radical (unpaired) electrons. The summed E-state index contributed by atoms with van der Waals surface area (Å²) >= 11 is 0. The molecule has 0 saturated carbocycles. The Kier molecular flexibility index (Phi) is 7.50. The zero-order valence-electron chi connectivity index (χ0n) is 18.8. The van der Waals surface area contributed by atoms with Crippen molar-refractivity contribution < 1.29 is 13.9 Å². The third-order valence-electron chi connectivity index (χ3n) is 5.75. The van der Waals surface area contributed by atoms with Crippen LogP contribution < -0.4 is 15.0 Å². The average molecular weight is 449 g/mol. The fourth-order valence-corrected chi connectivity index (χ4v) is 3.91. The maximum absolute atomic E-state index is 13.1. The van der Waals surface area contributed by atoms with Gasteiger partial charge in [-0.15, -0.1) is 0 Å². The first-order valence-corrected chi connectivity index (χ1v) is 11.4. The molecule has 0 aliphatic carbocycles. The molecule has 1 aliphatic rings. The van der Waals surface area contributed by atoms with Gasteiger partial charge in [-0.3, -0.25) is 4.79 Å². The van der Waals surface area contributed by atoms with Gasteiger partial charge in [0.2, 0.25) is 11.9 Å². The number of carbonyl (C=O) groups is 1. The summed E-state index contributed by atoms with van der Waals surface area (Å²) in [5.41, 5.74) is 2.74. The summed E-state index contributed by atoms with van der Waals surface area (Å²) in [6, 6.07) is 14.1. The third kappa shape index (κ3) is 6.06. The first-order valence-electron chi connectivity index (χ1n) is 11.4. The van der Waals surface area contributed by atoms with E-state index in [2.05, 4.69) is 27.1 Å². The Labute approximate surface area is 193 Å². The van der Waals surface area contributed by atoms with Crippen LogP contribution in [0.3, 0.4) is 0 Å². The van der Waals surface area contributed by atoms with Crippen molar-refractivity contribution in [3.8, 4) is 16.9 Å². The van der Waals surface area contributed by atoms with Crippen molar-refractivity contribution in [3.05, 3.63) is 72.3 Å². The van der Waals surface area contributed by atoms with Crippen molar-refractivity contribution in [1.29, 1.82) is 0 Å². The van der Waals surface area contributed by atoms with E-state index in [-0.39, 0.29) is 17.6 Å². The molecule has 1 saturated heterocycles. The summed E-state index contributed by atoms with van der Waals surface area (Å²) in [5, 5.41) is 3.06. The van der Waals surface area contributed by atoms with Crippen molar-refractivity contribution in [2.24, 2.45) is 5.92 Å². The normalized spacial score (nSPS) is 15.8. The molecule has 2 heterocycles. The van der Waals surface area contributed by atoms with Gasteiger partial charge in [0.1, 0.15) is 11.6 Å². The smallest absolute Gasteiger partial charge is 0.225 e. The van der Waals surface area contributed by atoms with Gasteiger partial charge in [0.25, 0.3) is 0 Å². The second-order valence-corrected chi connectivity index (χ2v) is 8.27. The monoisotopic (exact) mass is 448 g/mol. The highest BCUT2D eigenvalue weighted by Crippen LogP contribution is 2.23. The lowest BCUT2D eigenvalue weighted by atomic mass is 9.97. The lowest BCUT2D eigenvalue weighted by molar-refractivity contribution is -0.125. The van der Waals surface area contributed by atoms with Crippen molar-refractivity contribution in [3.63, 3.8) is 0 Å². The highest BCUT2D eigenvalue weighted by Gasteiger charge is 2.27. The van der Waals surface area contributed by atoms with E-state index < -0.39 is 0 Å². The van der Waals surface area contributed by atoms with Crippen molar-refractivity contribution in [1.82, 2.24) is 15.3 Å². The molecule has 1 atom stereocenters. The number of anilines is 1. The summed E-state index contributed by atoms with van der Waals surface area (Å²) in [4.78, 5) is 23.8. The van der Waals surface area contributed by atoms with Gasteiger partial charge in [0, 0.05) is 37.6 Å². The average Bonchev–Trinajstić information content (AvgIpc) is 2.87. The number of nitrogens with zero attached hydrogens (tertiary/aromatic N) is 3. The zero-order chi connectivity index (χ0) is 23.0. The van der Waals surface area contributed by atoms with E-state index in [0.29, 0.717) is 25.6 Å². The lowest BCUT2D eigenvalue weighted by Gasteiger charge is -2.32. The van der Waals surface area contributed by atoms with Gasteiger partial charge in [0.05, 0.1) is 12.5 Å². The molecule has 0 bridgehead atoms. The number of aromatic nitrogens is 2. The van der Waals surface area contributed by atoms with E-state index in [0.717, 1.165) is 48.2 Å². The number of halogens is 1. The van der Waals surface area contributed by atoms with E-state index in [4.69, 9.17) is 4.74 Å². The Morgan fingerprint density at radius 3 is 2.52 bits per heavy atom. The zero-order valence-corrected chi connectivity index (χ0v) is 18.8. The minimum absolute atomic E-state index is 0.0499. The molecule has 6 nitrogen and oxygen atoms in total. The van der Waals surface area contributed by atoms with Crippen molar-refractivity contribution >= 4 is 11.9 Å². The molecule has 1 unspecified atom stereocenters. The fraction of sp³-hybridized carbons (Fsp3) is 0.346. The van der Waals surface area contributed by atoms with Gasteiger partial charge in [-0.05, 0) is 54.7 Å². The molecule has 1 aromatic heterocycles. The van der Waals surface area contributed by atoms with Gasteiger partial charge in [-0.1, -0.05) is 31.2 Å². The Bertz CT molecular complexity index is 1040. The molecule has 1 N–H and O–H groups in total. The molecule has 1 amide bonds. The summed E-state index contributed by atoms with van der Waals surface area (Å²) in [6.07, 6.45) is 6.21. The van der Waals surface area contributed by atoms with E-state index in [1.165, 1.54) is 12.1 Å². The minimum Gasteiger partial charge on any atom is -0.494 e. The molecule has 3 aromatic rings. The fourth-order valence-electron chi connectivity index (χ4n) is 3.91. The first-order chi connectivity index (χ1) is 16.1. The van der Waals surface area contributed by atoms with Crippen LogP contribution in [0, 0.1) is 11.7 Å². The van der Waals surface area contributed by atoms with Crippen molar-refractivity contribution in [2.75, 3.05) is 24.6 Å².